The largest absolute Gasteiger partial charge is 0.484 e. The second kappa shape index (κ2) is 5.06. The molecule has 0 radical (unpaired) electrons. The van der Waals surface area contributed by atoms with E-state index in [1.807, 2.05) is 22.6 Å². The van der Waals surface area contributed by atoms with Crippen molar-refractivity contribution < 1.29 is 14.6 Å². The van der Waals surface area contributed by atoms with Crippen molar-refractivity contribution in [3.05, 3.63) is 21.4 Å². The Morgan fingerprint density at radius 1 is 1.67 bits per heavy atom. The van der Waals surface area contributed by atoms with Crippen LogP contribution in [-0.2, 0) is 4.74 Å². The highest BCUT2D eigenvalue weighted by Crippen LogP contribution is 2.19. The minimum Gasteiger partial charge on any atom is -0.484 e. The lowest BCUT2D eigenvalue weighted by molar-refractivity contribution is 0.0696. The third-order valence-corrected chi connectivity index (χ3v) is 2.42. The van der Waals surface area contributed by atoms with Crippen molar-refractivity contribution in [2.45, 2.75) is 6.92 Å². The number of aliphatic imine (C=N–C) groups is 1. The molecule has 1 rings (SSSR count). The fraction of sp³-hybridized carbons (Fsp3) is 0.222. The lowest BCUT2D eigenvalue weighted by atomic mass is 10.3. The van der Waals surface area contributed by atoms with Gasteiger partial charge >= 0.3 is 5.97 Å². The summed E-state index contributed by atoms with van der Waals surface area (Å²) in [7, 11) is 1.51. The van der Waals surface area contributed by atoms with E-state index in [2.05, 4.69) is 9.98 Å². The molecule has 0 unspecified atom stereocenters. The molecule has 15 heavy (non-hydrogen) atoms. The average Bonchev–Trinajstić information content (AvgIpc) is 2.20. The maximum absolute atomic E-state index is 10.6. The maximum atomic E-state index is 10.6. The first-order valence-electron chi connectivity index (χ1n) is 4.02. The number of aromatic nitrogens is 1. The lowest BCUT2D eigenvalue weighted by Gasteiger charge is -2.01. The molecule has 0 aliphatic carbocycles. The molecule has 0 aliphatic heterocycles. The van der Waals surface area contributed by atoms with Gasteiger partial charge in [-0.15, -0.1) is 0 Å². The number of methoxy groups -OCH3 is 1. The van der Waals surface area contributed by atoms with Gasteiger partial charge in [-0.3, -0.25) is 0 Å². The Balaban J connectivity index is 3.09. The van der Waals surface area contributed by atoms with Gasteiger partial charge < -0.3 is 9.84 Å². The van der Waals surface area contributed by atoms with Crippen LogP contribution in [0.1, 0.15) is 17.3 Å². The second-order valence-corrected chi connectivity index (χ2v) is 3.83. The van der Waals surface area contributed by atoms with Crippen LogP contribution in [0.2, 0.25) is 0 Å². The molecule has 0 amide bonds. The van der Waals surface area contributed by atoms with Crippen LogP contribution >= 0.6 is 22.6 Å². The van der Waals surface area contributed by atoms with Crippen molar-refractivity contribution in [2.24, 2.45) is 4.99 Å². The van der Waals surface area contributed by atoms with E-state index in [0.717, 1.165) is 0 Å². The van der Waals surface area contributed by atoms with Gasteiger partial charge in [0.2, 0.25) is 0 Å². The van der Waals surface area contributed by atoms with Gasteiger partial charge in [0.1, 0.15) is 0 Å². The summed E-state index contributed by atoms with van der Waals surface area (Å²) in [5.74, 6) is -0.0668. The number of carbonyl (C=O) groups is 1. The summed E-state index contributed by atoms with van der Waals surface area (Å²) >= 11 is 1.98. The van der Waals surface area contributed by atoms with Crippen LogP contribution in [0.5, 0.6) is 0 Å². The molecular formula is C9H9IN2O3. The lowest BCUT2D eigenvalue weighted by Crippen LogP contribution is -1.99. The number of hydrogen-bond acceptors (Lipinski definition) is 4. The summed E-state index contributed by atoms with van der Waals surface area (Å²) in [5, 5.41) is 8.72. The molecule has 0 spiro atoms. The molecule has 80 valence electrons. The standard InChI is InChI=1S/C9H9IN2O3/c1-5(15-2)12-8-7(10)3-6(4-11-8)9(13)14/h3-4H,1-2H3,(H,13,14). The van der Waals surface area contributed by atoms with Crippen LogP contribution in [0.15, 0.2) is 17.3 Å². The van der Waals surface area contributed by atoms with Gasteiger partial charge in [0.25, 0.3) is 0 Å². The van der Waals surface area contributed by atoms with Crippen LogP contribution in [0, 0.1) is 3.57 Å². The van der Waals surface area contributed by atoms with Gasteiger partial charge in [-0.05, 0) is 28.7 Å². The van der Waals surface area contributed by atoms with Crippen molar-refractivity contribution in [1.29, 1.82) is 0 Å². The molecule has 1 heterocycles. The van der Waals surface area contributed by atoms with Gasteiger partial charge in [0.15, 0.2) is 11.7 Å². The molecule has 0 aromatic carbocycles. The normalized spacial score (nSPS) is 11.3. The highest BCUT2D eigenvalue weighted by molar-refractivity contribution is 14.1. The van der Waals surface area contributed by atoms with Gasteiger partial charge in [-0.1, -0.05) is 0 Å². The van der Waals surface area contributed by atoms with E-state index >= 15 is 0 Å². The minimum absolute atomic E-state index is 0.147. The smallest absolute Gasteiger partial charge is 0.337 e. The molecule has 1 aromatic rings. The Labute approximate surface area is 100 Å². The van der Waals surface area contributed by atoms with E-state index in [-0.39, 0.29) is 5.56 Å². The number of halogens is 1. The SMILES string of the molecule is COC(C)=Nc1ncc(C(=O)O)cc1I. The number of hydrogen-bond donors (Lipinski definition) is 1. The molecule has 5 nitrogen and oxygen atoms in total. The molecule has 0 bridgehead atoms. The molecule has 0 fully saturated rings. The molecular weight excluding hydrogens is 311 g/mol. The predicted molar refractivity (Wildman–Crippen MR) is 63.7 cm³/mol. The van der Waals surface area contributed by atoms with Crippen LogP contribution < -0.4 is 0 Å². The van der Waals surface area contributed by atoms with Crippen LogP contribution in [0.4, 0.5) is 5.82 Å². The van der Waals surface area contributed by atoms with E-state index in [4.69, 9.17) is 9.84 Å². The summed E-state index contributed by atoms with van der Waals surface area (Å²) in [6.45, 7) is 1.70. The van der Waals surface area contributed by atoms with Crippen molar-refractivity contribution >= 4 is 40.3 Å². The van der Waals surface area contributed by atoms with Crippen molar-refractivity contribution in [3.8, 4) is 0 Å². The monoisotopic (exact) mass is 320 g/mol. The van der Waals surface area contributed by atoms with E-state index in [1.54, 1.807) is 6.92 Å². The minimum atomic E-state index is -1.00. The summed E-state index contributed by atoms with van der Waals surface area (Å²) in [5.41, 5.74) is 0.147. The average molecular weight is 320 g/mol. The Morgan fingerprint density at radius 3 is 2.80 bits per heavy atom. The summed E-state index contributed by atoms with van der Waals surface area (Å²) in [4.78, 5) is 18.6. The maximum Gasteiger partial charge on any atom is 0.337 e. The molecule has 0 atom stereocenters. The third-order valence-electron chi connectivity index (χ3n) is 1.63. The number of rotatable bonds is 2. The molecule has 0 aliphatic rings. The van der Waals surface area contributed by atoms with E-state index in [9.17, 15) is 4.79 Å². The number of carboxylic acid groups (broad SMARTS) is 1. The quantitative estimate of drug-likeness (QED) is 0.514. The number of pyridine rings is 1. The number of carboxylic acids is 1. The Morgan fingerprint density at radius 2 is 2.33 bits per heavy atom. The molecule has 0 saturated heterocycles. The van der Waals surface area contributed by atoms with Crippen molar-refractivity contribution in [1.82, 2.24) is 4.98 Å². The molecule has 1 N–H and O–H groups in total. The Kier molecular flexibility index (Phi) is 4.01. The highest BCUT2D eigenvalue weighted by atomic mass is 127. The second-order valence-electron chi connectivity index (χ2n) is 2.67. The molecule has 6 heteroatoms. The highest BCUT2D eigenvalue weighted by Gasteiger charge is 2.07. The fourth-order valence-electron chi connectivity index (χ4n) is 0.825. The van der Waals surface area contributed by atoms with Crippen molar-refractivity contribution in [2.75, 3.05) is 7.11 Å². The first-order valence-corrected chi connectivity index (χ1v) is 5.10. The van der Waals surface area contributed by atoms with Crippen molar-refractivity contribution in [3.63, 3.8) is 0 Å². The van der Waals surface area contributed by atoms with Gasteiger partial charge in [-0.2, -0.15) is 4.99 Å². The molecule has 0 saturated carbocycles. The zero-order chi connectivity index (χ0) is 11.4. The third kappa shape index (κ3) is 3.15. The summed E-state index contributed by atoms with van der Waals surface area (Å²) in [6, 6.07) is 1.51. The van der Waals surface area contributed by atoms with Gasteiger partial charge in [-0.25, -0.2) is 9.78 Å². The van der Waals surface area contributed by atoms with Crippen LogP contribution in [-0.4, -0.2) is 29.1 Å². The van der Waals surface area contributed by atoms with Crippen LogP contribution in [0.3, 0.4) is 0 Å². The summed E-state index contributed by atoms with van der Waals surface area (Å²) < 4.78 is 5.55. The topological polar surface area (TPSA) is 71.8 Å². The Hall–Kier alpha value is -1.18. The first-order chi connectivity index (χ1) is 7.04. The first kappa shape index (κ1) is 11.9. The van der Waals surface area contributed by atoms with Gasteiger partial charge in [0, 0.05) is 13.1 Å². The van der Waals surface area contributed by atoms with E-state index in [0.29, 0.717) is 15.3 Å². The molecule has 1 aromatic heterocycles. The van der Waals surface area contributed by atoms with Crippen LogP contribution in [0.25, 0.3) is 0 Å². The number of ether oxygens (including phenoxy) is 1. The predicted octanol–water partition coefficient (Wildman–Crippen LogP) is 2.08. The summed E-state index contributed by atoms with van der Waals surface area (Å²) in [6.07, 6.45) is 1.27. The number of aromatic carboxylic acids is 1. The van der Waals surface area contributed by atoms with E-state index < -0.39 is 5.97 Å². The van der Waals surface area contributed by atoms with Gasteiger partial charge in [0.05, 0.1) is 16.2 Å². The fourth-order valence-corrected chi connectivity index (χ4v) is 1.42. The zero-order valence-electron chi connectivity index (χ0n) is 8.19. The Bertz CT molecular complexity index is 418. The number of nitrogens with zero attached hydrogens (tertiary/aromatic N) is 2. The zero-order valence-corrected chi connectivity index (χ0v) is 10.3. The van der Waals surface area contributed by atoms with E-state index in [1.165, 1.54) is 19.4 Å².